The Hall–Kier alpha value is -2.60. The van der Waals surface area contributed by atoms with E-state index in [2.05, 4.69) is 0 Å². The van der Waals surface area contributed by atoms with Gasteiger partial charge in [-0.05, 0) is 38.0 Å². The van der Waals surface area contributed by atoms with Crippen LogP contribution in [-0.4, -0.2) is 32.2 Å². The Morgan fingerprint density at radius 2 is 1.79 bits per heavy atom. The number of thioether (sulfide) groups is 1. The SMILES string of the molecule is CCCn1c(SC(C)C(=O)N(CC)Cc2ccccc2)nc2ccccc2c1=O. The molecule has 152 valence electrons. The van der Waals surface area contributed by atoms with Gasteiger partial charge >= 0.3 is 0 Å². The second-order valence-corrected chi connectivity index (χ2v) is 8.27. The first kappa shape index (κ1) is 21.1. The highest BCUT2D eigenvalue weighted by Crippen LogP contribution is 2.24. The van der Waals surface area contributed by atoms with Crippen molar-refractivity contribution in [2.24, 2.45) is 0 Å². The van der Waals surface area contributed by atoms with Gasteiger partial charge in [-0.3, -0.25) is 14.2 Å². The van der Waals surface area contributed by atoms with Gasteiger partial charge in [0.2, 0.25) is 5.91 Å². The van der Waals surface area contributed by atoms with Crippen LogP contribution in [0.4, 0.5) is 0 Å². The average Bonchev–Trinajstić information content (AvgIpc) is 2.75. The summed E-state index contributed by atoms with van der Waals surface area (Å²) in [6, 6.07) is 17.4. The molecule has 0 bridgehead atoms. The van der Waals surface area contributed by atoms with Crippen molar-refractivity contribution in [2.75, 3.05) is 6.54 Å². The quantitative estimate of drug-likeness (QED) is 0.410. The Balaban J connectivity index is 1.86. The maximum Gasteiger partial charge on any atom is 0.262 e. The van der Waals surface area contributed by atoms with Crippen LogP contribution in [-0.2, 0) is 17.9 Å². The third kappa shape index (κ3) is 4.88. The second-order valence-electron chi connectivity index (χ2n) is 6.97. The third-order valence-electron chi connectivity index (χ3n) is 4.81. The lowest BCUT2D eigenvalue weighted by molar-refractivity contribution is -0.130. The molecule has 0 radical (unpaired) electrons. The van der Waals surface area contributed by atoms with Gasteiger partial charge in [0.1, 0.15) is 0 Å². The van der Waals surface area contributed by atoms with E-state index in [0.29, 0.717) is 35.7 Å². The molecular formula is C23H27N3O2S. The Morgan fingerprint density at radius 3 is 2.48 bits per heavy atom. The van der Waals surface area contributed by atoms with Crippen LogP contribution in [0, 0.1) is 0 Å². The topological polar surface area (TPSA) is 55.2 Å². The lowest BCUT2D eigenvalue weighted by Crippen LogP contribution is -2.36. The van der Waals surface area contributed by atoms with Crippen LogP contribution in [0.5, 0.6) is 0 Å². The Bertz CT molecular complexity index is 1030. The van der Waals surface area contributed by atoms with Gasteiger partial charge in [-0.15, -0.1) is 0 Å². The molecule has 0 spiro atoms. The molecule has 0 aliphatic heterocycles. The second kappa shape index (κ2) is 9.74. The van der Waals surface area contributed by atoms with Crippen molar-refractivity contribution in [3.05, 3.63) is 70.5 Å². The van der Waals surface area contributed by atoms with Crippen molar-refractivity contribution in [2.45, 2.75) is 50.7 Å². The number of benzene rings is 2. The molecule has 2 aromatic carbocycles. The molecule has 29 heavy (non-hydrogen) atoms. The molecule has 1 amide bonds. The fourth-order valence-electron chi connectivity index (χ4n) is 3.27. The highest BCUT2D eigenvalue weighted by Gasteiger charge is 2.23. The zero-order valence-electron chi connectivity index (χ0n) is 17.2. The highest BCUT2D eigenvalue weighted by molar-refractivity contribution is 8.00. The van der Waals surface area contributed by atoms with E-state index in [-0.39, 0.29) is 16.7 Å². The molecule has 0 fully saturated rings. The van der Waals surface area contributed by atoms with Gasteiger partial charge in [-0.2, -0.15) is 0 Å². The monoisotopic (exact) mass is 409 g/mol. The molecule has 1 aromatic heterocycles. The predicted molar refractivity (Wildman–Crippen MR) is 119 cm³/mol. The summed E-state index contributed by atoms with van der Waals surface area (Å²) in [7, 11) is 0. The van der Waals surface area contributed by atoms with Crippen LogP contribution in [0.3, 0.4) is 0 Å². The number of rotatable bonds is 8. The molecule has 0 aliphatic carbocycles. The minimum Gasteiger partial charge on any atom is -0.338 e. The molecule has 1 unspecified atom stereocenters. The van der Waals surface area contributed by atoms with Gasteiger partial charge in [0.25, 0.3) is 5.56 Å². The number of amides is 1. The molecule has 0 aliphatic rings. The molecule has 0 saturated carbocycles. The first-order chi connectivity index (χ1) is 14.0. The van der Waals surface area contributed by atoms with E-state index in [1.165, 1.54) is 11.8 Å². The summed E-state index contributed by atoms with van der Waals surface area (Å²) in [5.41, 5.74) is 1.73. The smallest absolute Gasteiger partial charge is 0.262 e. The molecule has 0 N–H and O–H groups in total. The van der Waals surface area contributed by atoms with E-state index >= 15 is 0 Å². The minimum absolute atomic E-state index is 0.0452. The number of carbonyl (C=O) groups excluding carboxylic acids is 1. The third-order valence-corrected chi connectivity index (χ3v) is 5.89. The lowest BCUT2D eigenvalue weighted by Gasteiger charge is -2.24. The van der Waals surface area contributed by atoms with Crippen molar-refractivity contribution < 1.29 is 4.79 Å². The van der Waals surface area contributed by atoms with Gasteiger partial charge in [0.15, 0.2) is 5.16 Å². The van der Waals surface area contributed by atoms with Gasteiger partial charge in [-0.1, -0.05) is 61.2 Å². The highest BCUT2D eigenvalue weighted by atomic mass is 32.2. The summed E-state index contributed by atoms with van der Waals surface area (Å²) in [6.45, 7) is 7.70. The van der Waals surface area contributed by atoms with Gasteiger partial charge in [0, 0.05) is 19.6 Å². The van der Waals surface area contributed by atoms with Crippen LogP contribution in [0.15, 0.2) is 64.5 Å². The van der Waals surface area contributed by atoms with Crippen molar-refractivity contribution in [3.63, 3.8) is 0 Å². The van der Waals surface area contributed by atoms with E-state index < -0.39 is 0 Å². The minimum atomic E-state index is -0.338. The Kier molecular flexibility index (Phi) is 7.09. The lowest BCUT2D eigenvalue weighted by atomic mass is 10.2. The number of nitrogens with zero attached hydrogens (tertiary/aromatic N) is 3. The van der Waals surface area contributed by atoms with Gasteiger partial charge in [0.05, 0.1) is 16.2 Å². The first-order valence-corrected chi connectivity index (χ1v) is 10.9. The van der Waals surface area contributed by atoms with Crippen LogP contribution in [0.25, 0.3) is 10.9 Å². The fraction of sp³-hybridized carbons (Fsp3) is 0.348. The van der Waals surface area contributed by atoms with E-state index in [0.717, 1.165) is 12.0 Å². The summed E-state index contributed by atoms with van der Waals surface area (Å²) in [6.07, 6.45) is 0.824. The standard InChI is InChI=1S/C23H27N3O2S/c1-4-15-26-22(28)19-13-9-10-14-20(19)24-23(26)29-17(3)21(27)25(5-2)16-18-11-7-6-8-12-18/h6-14,17H,4-5,15-16H2,1-3H3. The van der Waals surface area contributed by atoms with Crippen molar-refractivity contribution >= 4 is 28.6 Å². The summed E-state index contributed by atoms with van der Waals surface area (Å²) in [5, 5.41) is 0.880. The zero-order chi connectivity index (χ0) is 20.8. The average molecular weight is 410 g/mol. The van der Waals surface area contributed by atoms with Crippen molar-refractivity contribution in [1.82, 2.24) is 14.5 Å². The number of aromatic nitrogens is 2. The van der Waals surface area contributed by atoms with E-state index in [1.54, 1.807) is 10.6 Å². The number of carbonyl (C=O) groups is 1. The van der Waals surface area contributed by atoms with Crippen LogP contribution in [0.2, 0.25) is 0 Å². The maximum atomic E-state index is 13.1. The Labute approximate surface area is 175 Å². The molecule has 3 rings (SSSR count). The maximum absolute atomic E-state index is 13.1. The van der Waals surface area contributed by atoms with Gasteiger partial charge < -0.3 is 4.90 Å². The number of para-hydroxylation sites is 1. The van der Waals surface area contributed by atoms with E-state index in [1.807, 2.05) is 74.2 Å². The van der Waals surface area contributed by atoms with Crippen LogP contribution in [0.1, 0.15) is 32.8 Å². The molecule has 3 aromatic rings. The summed E-state index contributed by atoms with van der Waals surface area (Å²) in [5.74, 6) is 0.0480. The van der Waals surface area contributed by atoms with Crippen LogP contribution >= 0.6 is 11.8 Å². The summed E-state index contributed by atoms with van der Waals surface area (Å²) < 4.78 is 1.70. The molecule has 1 heterocycles. The fourth-order valence-corrected chi connectivity index (χ4v) is 4.29. The normalized spacial score (nSPS) is 12.1. The van der Waals surface area contributed by atoms with E-state index in [9.17, 15) is 9.59 Å². The molecule has 6 heteroatoms. The predicted octanol–water partition coefficient (Wildman–Crippen LogP) is 4.34. The van der Waals surface area contributed by atoms with Gasteiger partial charge in [-0.25, -0.2) is 4.98 Å². The summed E-state index contributed by atoms with van der Waals surface area (Å²) >= 11 is 1.36. The molecule has 5 nitrogen and oxygen atoms in total. The molecular weight excluding hydrogens is 382 g/mol. The zero-order valence-corrected chi connectivity index (χ0v) is 18.0. The first-order valence-electron chi connectivity index (χ1n) is 10.0. The molecule has 0 saturated heterocycles. The number of hydrogen-bond acceptors (Lipinski definition) is 4. The van der Waals surface area contributed by atoms with Crippen LogP contribution < -0.4 is 5.56 Å². The number of hydrogen-bond donors (Lipinski definition) is 0. The largest absolute Gasteiger partial charge is 0.338 e. The van der Waals surface area contributed by atoms with Crippen molar-refractivity contribution in [3.8, 4) is 0 Å². The number of fused-ring (bicyclic) bond motifs is 1. The van der Waals surface area contributed by atoms with E-state index in [4.69, 9.17) is 4.98 Å². The molecule has 1 atom stereocenters. The van der Waals surface area contributed by atoms with Crippen molar-refractivity contribution in [1.29, 1.82) is 0 Å². The Morgan fingerprint density at radius 1 is 1.10 bits per heavy atom. The summed E-state index contributed by atoms with van der Waals surface area (Å²) in [4.78, 5) is 32.6.